The molecule has 30 heavy (non-hydrogen) atoms. The SMILES string of the molecule is O=C(/C=C\c1ccc(OC(F)F)cc1)Nc1nn(Cc2ccc(Cl)cc2Cl)cc1Br. The summed E-state index contributed by atoms with van der Waals surface area (Å²) < 4.78 is 30.8. The zero-order chi connectivity index (χ0) is 21.7. The van der Waals surface area contributed by atoms with Crippen LogP contribution in [0.2, 0.25) is 10.0 Å². The van der Waals surface area contributed by atoms with Crippen molar-refractivity contribution in [3.05, 3.63) is 80.4 Å². The summed E-state index contributed by atoms with van der Waals surface area (Å²) in [6, 6.07) is 11.1. The molecule has 0 saturated heterocycles. The molecule has 0 aliphatic rings. The van der Waals surface area contributed by atoms with Gasteiger partial charge in [-0.2, -0.15) is 13.9 Å². The van der Waals surface area contributed by atoms with Crippen LogP contribution in [0.3, 0.4) is 0 Å². The normalized spacial score (nSPS) is 11.3. The number of aromatic nitrogens is 2. The number of alkyl halides is 2. The second-order valence-corrected chi connectivity index (χ2v) is 7.73. The third kappa shape index (κ3) is 6.29. The van der Waals surface area contributed by atoms with Gasteiger partial charge in [-0.15, -0.1) is 0 Å². The van der Waals surface area contributed by atoms with Gasteiger partial charge in [0, 0.05) is 22.3 Å². The Labute approximate surface area is 189 Å². The van der Waals surface area contributed by atoms with Crippen molar-refractivity contribution in [2.45, 2.75) is 13.2 Å². The molecular formula is C20H14BrCl2F2N3O2. The van der Waals surface area contributed by atoms with E-state index in [-0.39, 0.29) is 5.75 Å². The Morgan fingerprint density at radius 2 is 1.97 bits per heavy atom. The number of nitrogens with zero attached hydrogens (tertiary/aromatic N) is 2. The van der Waals surface area contributed by atoms with E-state index >= 15 is 0 Å². The number of carbonyl (C=O) groups excluding carboxylic acids is 1. The van der Waals surface area contributed by atoms with Crippen molar-refractivity contribution in [2.24, 2.45) is 0 Å². The smallest absolute Gasteiger partial charge is 0.387 e. The quantitative estimate of drug-likeness (QED) is 0.377. The molecule has 0 aliphatic heterocycles. The van der Waals surface area contributed by atoms with E-state index in [4.69, 9.17) is 23.2 Å². The van der Waals surface area contributed by atoms with Crippen molar-refractivity contribution in [3.8, 4) is 5.75 Å². The number of amides is 1. The first kappa shape index (κ1) is 22.3. The van der Waals surface area contributed by atoms with Gasteiger partial charge >= 0.3 is 6.61 Å². The number of benzene rings is 2. The molecule has 0 atom stereocenters. The molecule has 1 aromatic heterocycles. The van der Waals surface area contributed by atoms with Crippen molar-refractivity contribution in [1.29, 1.82) is 0 Å². The van der Waals surface area contributed by atoms with Gasteiger partial charge in [0.05, 0.1) is 11.0 Å². The number of carbonyl (C=O) groups is 1. The third-order valence-electron chi connectivity index (χ3n) is 3.84. The van der Waals surface area contributed by atoms with Gasteiger partial charge in [0.1, 0.15) is 5.75 Å². The summed E-state index contributed by atoms with van der Waals surface area (Å²) in [5.74, 6) is -0.0179. The molecule has 0 aliphatic carbocycles. The Kier molecular flexibility index (Phi) is 7.47. The molecule has 0 saturated carbocycles. The van der Waals surface area contributed by atoms with E-state index in [1.54, 1.807) is 47.3 Å². The summed E-state index contributed by atoms with van der Waals surface area (Å²) in [6.07, 6.45) is 4.57. The van der Waals surface area contributed by atoms with Crippen LogP contribution < -0.4 is 10.1 Å². The zero-order valence-corrected chi connectivity index (χ0v) is 18.3. The molecule has 156 valence electrons. The summed E-state index contributed by atoms with van der Waals surface area (Å²) in [4.78, 5) is 12.2. The Bertz CT molecular complexity index is 1070. The van der Waals surface area contributed by atoms with Crippen molar-refractivity contribution >= 4 is 56.9 Å². The highest BCUT2D eigenvalue weighted by Gasteiger charge is 2.11. The molecule has 0 unspecified atom stereocenters. The van der Waals surface area contributed by atoms with Crippen molar-refractivity contribution in [3.63, 3.8) is 0 Å². The van der Waals surface area contributed by atoms with Crippen LogP contribution >= 0.6 is 39.1 Å². The van der Waals surface area contributed by atoms with E-state index in [1.165, 1.54) is 18.2 Å². The monoisotopic (exact) mass is 515 g/mol. The van der Waals surface area contributed by atoms with Crippen LogP contribution in [0.15, 0.2) is 59.2 Å². The molecule has 1 amide bonds. The number of hydrogen-bond donors (Lipinski definition) is 1. The van der Waals surface area contributed by atoms with Gasteiger partial charge in [-0.1, -0.05) is 41.4 Å². The third-order valence-corrected chi connectivity index (χ3v) is 5.01. The van der Waals surface area contributed by atoms with Crippen LogP contribution in [0.4, 0.5) is 14.6 Å². The summed E-state index contributed by atoms with van der Waals surface area (Å²) in [5.41, 5.74) is 1.47. The highest BCUT2D eigenvalue weighted by molar-refractivity contribution is 9.10. The molecule has 0 bridgehead atoms. The standard InChI is InChI=1S/C20H14BrCl2F2N3O2/c21-16-11-28(10-13-4-5-14(22)9-17(13)23)27-19(16)26-18(29)8-3-12-1-6-15(7-2-12)30-20(24)25/h1-9,11,20H,10H2,(H,26,27,29)/b8-3-. The highest BCUT2D eigenvalue weighted by atomic mass is 79.9. The average molecular weight is 517 g/mol. The summed E-state index contributed by atoms with van der Waals surface area (Å²) in [5, 5.41) is 8.06. The van der Waals surface area contributed by atoms with Crippen molar-refractivity contribution in [2.75, 3.05) is 5.32 Å². The number of hydrogen-bond acceptors (Lipinski definition) is 3. The molecule has 5 nitrogen and oxygen atoms in total. The van der Waals surface area contributed by atoms with Crippen LogP contribution in [-0.4, -0.2) is 22.3 Å². The molecule has 0 radical (unpaired) electrons. The Morgan fingerprint density at radius 3 is 2.63 bits per heavy atom. The number of anilines is 1. The van der Waals surface area contributed by atoms with Crippen LogP contribution in [0.1, 0.15) is 11.1 Å². The molecule has 1 heterocycles. The lowest BCUT2D eigenvalue weighted by atomic mass is 10.2. The van der Waals surface area contributed by atoms with E-state index in [9.17, 15) is 13.6 Å². The maximum Gasteiger partial charge on any atom is 0.387 e. The fourth-order valence-electron chi connectivity index (χ4n) is 2.48. The largest absolute Gasteiger partial charge is 0.435 e. The number of nitrogens with one attached hydrogen (secondary N) is 1. The van der Waals surface area contributed by atoms with Gasteiger partial charge < -0.3 is 10.1 Å². The maximum atomic E-state index is 12.2. The summed E-state index contributed by atoms with van der Waals surface area (Å²) in [6.45, 7) is -2.49. The topological polar surface area (TPSA) is 56.1 Å². The van der Waals surface area contributed by atoms with Gasteiger partial charge in [0.2, 0.25) is 5.91 Å². The molecule has 3 rings (SSSR count). The first-order valence-corrected chi connectivity index (χ1v) is 10.1. The molecular weight excluding hydrogens is 503 g/mol. The highest BCUT2D eigenvalue weighted by Crippen LogP contribution is 2.24. The van der Waals surface area contributed by atoms with E-state index in [0.29, 0.717) is 32.4 Å². The minimum absolute atomic E-state index is 0.0434. The van der Waals surface area contributed by atoms with Gasteiger partial charge in [0.25, 0.3) is 0 Å². The second-order valence-electron chi connectivity index (χ2n) is 6.03. The number of ether oxygens (including phenoxy) is 1. The molecule has 10 heteroatoms. The lowest BCUT2D eigenvalue weighted by Crippen LogP contribution is -2.09. The van der Waals surface area contributed by atoms with Crippen LogP contribution in [-0.2, 0) is 11.3 Å². The zero-order valence-electron chi connectivity index (χ0n) is 15.2. The predicted octanol–water partition coefficient (Wildman–Crippen LogP) is 6.25. The van der Waals surface area contributed by atoms with E-state index in [0.717, 1.165) is 5.56 Å². The molecule has 1 N–H and O–H groups in total. The molecule has 0 fully saturated rings. The second kappa shape index (κ2) is 10.1. The first-order valence-electron chi connectivity index (χ1n) is 8.51. The molecule has 0 spiro atoms. The minimum Gasteiger partial charge on any atom is -0.435 e. The Morgan fingerprint density at radius 1 is 1.23 bits per heavy atom. The van der Waals surface area contributed by atoms with Crippen LogP contribution in [0.5, 0.6) is 5.75 Å². The average Bonchev–Trinajstić information content (AvgIpc) is 3.02. The van der Waals surface area contributed by atoms with Crippen molar-refractivity contribution in [1.82, 2.24) is 9.78 Å². The number of rotatable bonds is 7. The Balaban J connectivity index is 1.62. The lowest BCUT2D eigenvalue weighted by Gasteiger charge is -2.05. The maximum absolute atomic E-state index is 12.2. The van der Waals surface area contributed by atoms with Gasteiger partial charge in [-0.3, -0.25) is 9.48 Å². The lowest BCUT2D eigenvalue weighted by molar-refractivity contribution is -0.111. The fourth-order valence-corrected chi connectivity index (χ4v) is 3.36. The molecule has 2 aromatic carbocycles. The van der Waals surface area contributed by atoms with E-state index in [1.807, 2.05) is 0 Å². The summed E-state index contributed by atoms with van der Waals surface area (Å²) >= 11 is 15.4. The van der Waals surface area contributed by atoms with Gasteiger partial charge in [-0.25, -0.2) is 0 Å². The minimum atomic E-state index is -2.88. The van der Waals surface area contributed by atoms with Crippen LogP contribution in [0.25, 0.3) is 6.08 Å². The van der Waals surface area contributed by atoms with E-state index < -0.39 is 12.5 Å². The molecule has 3 aromatic rings. The number of halogens is 5. The van der Waals surface area contributed by atoms with E-state index in [2.05, 4.69) is 31.1 Å². The predicted molar refractivity (Wildman–Crippen MR) is 116 cm³/mol. The fraction of sp³-hybridized carbons (Fsp3) is 0.100. The Hall–Kier alpha value is -2.42. The van der Waals surface area contributed by atoms with Crippen LogP contribution in [0, 0.1) is 0 Å². The first-order chi connectivity index (χ1) is 14.3. The van der Waals surface area contributed by atoms with Crippen molar-refractivity contribution < 1.29 is 18.3 Å². The van der Waals surface area contributed by atoms with Gasteiger partial charge in [0.15, 0.2) is 5.82 Å². The van der Waals surface area contributed by atoms with Gasteiger partial charge in [-0.05, 0) is 57.4 Å². The summed E-state index contributed by atoms with van der Waals surface area (Å²) in [7, 11) is 0.